The lowest BCUT2D eigenvalue weighted by molar-refractivity contribution is -0.189. The van der Waals surface area contributed by atoms with Crippen LogP contribution in [0.15, 0.2) is 0 Å². The average Bonchev–Trinajstić information content (AvgIpc) is 3.09. The second-order valence-corrected chi connectivity index (χ2v) is 11.9. The van der Waals surface area contributed by atoms with E-state index in [-0.39, 0.29) is 28.9 Å². The number of Topliss-reactive ketones (excluding diaryl/α,β-unsaturated/α-hetero) is 1. The van der Waals surface area contributed by atoms with Crippen LogP contribution in [0, 0.1) is 46.3 Å². The summed E-state index contributed by atoms with van der Waals surface area (Å²) in [6.07, 6.45) is 9.26. The van der Waals surface area contributed by atoms with Gasteiger partial charge in [0, 0.05) is 32.1 Å². The normalized spacial score (nSPS) is 44.1. The van der Waals surface area contributed by atoms with Gasteiger partial charge in [0.25, 0.3) is 0 Å². The zero-order valence-electron chi connectivity index (χ0n) is 20.7. The van der Waals surface area contributed by atoms with Crippen LogP contribution in [0.3, 0.4) is 0 Å². The highest BCUT2D eigenvalue weighted by Crippen LogP contribution is 2.68. The lowest BCUT2D eigenvalue weighted by atomic mass is 9.43. The Balaban J connectivity index is 1.60. The van der Waals surface area contributed by atoms with Gasteiger partial charge < -0.3 is 9.47 Å². The largest absolute Gasteiger partial charge is 0.469 e. The molecule has 0 aliphatic heterocycles. The molecule has 0 radical (unpaired) electrons. The Morgan fingerprint density at radius 3 is 2.50 bits per heavy atom. The molecular formula is C27H42O5. The van der Waals surface area contributed by atoms with Gasteiger partial charge in [-0.15, -0.1) is 0 Å². The molecule has 5 heteroatoms. The van der Waals surface area contributed by atoms with Crippen LogP contribution in [0.2, 0.25) is 0 Å². The first kappa shape index (κ1) is 23.8. The minimum absolute atomic E-state index is 0.0600. The molecule has 4 rings (SSSR count). The van der Waals surface area contributed by atoms with Crippen molar-refractivity contribution in [2.75, 3.05) is 7.11 Å². The Kier molecular flexibility index (Phi) is 6.50. The average molecular weight is 447 g/mol. The third-order valence-corrected chi connectivity index (χ3v) is 10.6. The molecule has 4 saturated carbocycles. The molecule has 9 atom stereocenters. The van der Waals surface area contributed by atoms with E-state index in [4.69, 9.17) is 9.47 Å². The van der Waals surface area contributed by atoms with E-state index < -0.39 is 0 Å². The van der Waals surface area contributed by atoms with E-state index >= 15 is 0 Å². The van der Waals surface area contributed by atoms with Crippen molar-refractivity contribution in [3.8, 4) is 0 Å². The van der Waals surface area contributed by atoms with Crippen molar-refractivity contribution in [3.05, 3.63) is 0 Å². The Bertz CT molecular complexity index is 761. The van der Waals surface area contributed by atoms with Crippen LogP contribution in [0.4, 0.5) is 0 Å². The number of ketones is 1. The summed E-state index contributed by atoms with van der Waals surface area (Å²) in [5.74, 6) is 2.96. The van der Waals surface area contributed by atoms with E-state index in [2.05, 4.69) is 20.8 Å². The van der Waals surface area contributed by atoms with Gasteiger partial charge in [-0.05, 0) is 85.4 Å². The molecular weight excluding hydrogens is 404 g/mol. The second-order valence-electron chi connectivity index (χ2n) is 11.9. The predicted octanol–water partition coefficient (Wildman–Crippen LogP) is 5.35. The maximum Gasteiger partial charge on any atom is 0.305 e. The Labute approximate surface area is 193 Å². The summed E-state index contributed by atoms with van der Waals surface area (Å²) in [5, 5.41) is 0. The van der Waals surface area contributed by atoms with E-state index in [1.807, 2.05) is 0 Å². The fraction of sp³-hybridized carbons (Fsp3) is 0.889. The molecule has 0 aromatic rings. The number of rotatable bonds is 5. The molecule has 0 bridgehead atoms. The van der Waals surface area contributed by atoms with Gasteiger partial charge in [-0.2, -0.15) is 0 Å². The molecule has 32 heavy (non-hydrogen) atoms. The summed E-state index contributed by atoms with van der Waals surface area (Å²) in [6.45, 7) is 8.74. The van der Waals surface area contributed by atoms with E-state index in [1.54, 1.807) is 0 Å². The number of hydrogen-bond acceptors (Lipinski definition) is 5. The van der Waals surface area contributed by atoms with Crippen LogP contribution in [0.25, 0.3) is 0 Å². The Hall–Kier alpha value is -1.39. The Morgan fingerprint density at radius 2 is 1.81 bits per heavy atom. The number of carbonyl (C=O) groups excluding carboxylic acids is 3. The third kappa shape index (κ3) is 3.92. The number of carbonyl (C=O) groups is 3. The van der Waals surface area contributed by atoms with Gasteiger partial charge in [0.2, 0.25) is 0 Å². The fourth-order valence-corrected chi connectivity index (χ4v) is 8.95. The highest BCUT2D eigenvalue weighted by Gasteiger charge is 2.63. The summed E-state index contributed by atoms with van der Waals surface area (Å²) < 4.78 is 10.9. The molecule has 0 saturated heterocycles. The number of methoxy groups -OCH3 is 1. The highest BCUT2D eigenvalue weighted by molar-refractivity contribution is 5.79. The van der Waals surface area contributed by atoms with E-state index in [0.717, 1.165) is 25.7 Å². The van der Waals surface area contributed by atoms with Crippen molar-refractivity contribution < 1.29 is 23.9 Å². The molecule has 5 nitrogen and oxygen atoms in total. The van der Waals surface area contributed by atoms with Gasteiger partial charge >= 0.3 is 11.9 Å². The van der Waals surface area contributed by atoms with Gasteiger partial charge in [0.15, 0.2) is 0 Å². The van der Waals surface area contributed by atoms with Crippen molar-refractivity contribution >= 4 is 17.7 Å². The van der Waals surface area contributed by atoms with Crippen LogP contribution >= 0.6 is 0 Å². The molecule has 4 aliphatic carbocycles. The number of fused-ring (bicyclic) bond motifs is 5. The number of ether oxygens (including phenoxy) is 2. The number of hydrogen-bond donors (Lipinski definition) is 0. The van der Waals surface area contributed by atoms with Crippen LogP contribution in [-0.4, -0.2) is 30.9 Å². The fourth-order valence-electron chi connectivity index (χ4n) is 8.95. The van der Waals surface area contributed by atoms with Gasteiger partial charge in [0.1, 0.15) is 11.9 Å². The standard InChI is InChI=1S/C27H42O5/c1-16(6-9-24(30)31-5)20-7-8-21-25-22(11-13-27(20,21)4)26(3)12-10-19(29)14-18(26)15-23(25)32-17(2)28/h16,18,20-23,25H,6-15H2,1-5H3/t16-,18+,20-,21+,22+,23+,25+,26+,27-/m1/s1. The first-order chi connectivity index (χ1) is 15.1. The van der Waals surface area contributed by atoms with Gasteiger partial charge in [-0.25, -0.2) is 0 Å². The van der Waals surface area contributed by atoms with Crippen molar-refractivity contribution in [2.24, 2.45) is 46.3 Å². The second kappa shape index (κ2) is 8.76. The summed E-state index contributed by atoms with van der Waals surface area (Å²) in [5.41, 5.74) is 0.411. The number of esters is 2. The summed E-state index contributed by atoms with van der Waals surface area (Å²) >= 11 is 0. The Morgan fingerprint density at radius 1 is 1.09 bits per heavy atom. The quantitative estimate of drug-likeness (QED) is 0.533. The minimum Gasteiger partial charge on any atom is -0.469 e. The molecule has 0 spiro atoms. The van der Waals surface area contributed by atoms with Crippen molar-refractivity contribution in [3.63, 3.8) is 0 Å². The topological polar surface area (TPSA) is 69.7 Å². The first-order valence-electron chi connectivity index (χ1n) is 12.9. The van der Waals surface area contributed by atoms with Crippen LogP contribution < -0.4 is 0 Å². The highest BCUT2D eigenvalue weighted by atomic mass is 16.5. The molecule has 0 aromatic heterocycles. The smallest absolute Gasteiger partial charge is 0.305 e. The molecule has 0 N–H and O–H groups in total. The lowest BCUT2D eigenvalue weighted by Crippen LogP contribution is -2.59. The van der Waals surface area contributed by atoms with Gasteiger partial charge in [0.05, 0.1) is 7.11 Å². The van der Waals surface area contributed by atoms with Crippen LogP contribution in [0.1, 0.15) is 91.9 Å². The predicted molar refractivity (Wildman–Crippen MR) is 122 cm³/mol. The molecule has 0 aromatic carbocycles. The molecule has 180 valence electrons. The first-order valence-corrected chi connectivity index (χ1v) is 12.9. The monoisotopic (exact) mass is 446 g/mol. The SMILES string of the molecule is COC(=O)CC[C@@H](C)[C@H]1CC[C@H]2[C@@H]3[C@@H](OC(C)=O)C[C@@H]4CC(=O)CC[C@]4(C)[C@H]3CC[C@]12C. The lowest BCUT2D eigenvalue weighted by Gasteiger charge is -2.62. The maximum absolute atomic E-state index is 12.3. The maximum atomic E-state index is 12.3. The molecule has 0 unspecified atom stereocenters. The molecule has 0 amide bonds. The molecule has 4 fully saturated rings. The third-order valence-electron chi connectivity index (χ3n) is 10.6. The summed E-state index contributed by atoms with van der Waals surface area (Å²) in [4.78, 5) is 36.1. The van der Waals surface area contributed by atoms with Crippen molar-refractivity contribution in [1.82, 2.24) is 0 Å². The van der Waals surface area contributed by atoms with E-state index in [0.29, 0.717) is 60.6 Å². The molecule has 4 aliphatic rings. The van der Waals surface area contributed by atoms with Crippen molar-refractivity contribution in [2.45, 2.75) is 98.0 Å². The van der Waals surface area contributed by atoms with Crippen LogP contribution in [0.5, 0.6) is 0 Å². The minimum atomic E-state index is -0.187. The van der Waals surface area contributed by atoms with Gasteiger partial charge in [-0.1, -0.05) is 20.8 Å². The zero-order chi connectivity index (χ0) is 23.3. The van der Waals surface area contributed by atoms with Gasteiger partial charge in [-0.3, -0.25) is 14.4 Å². The zero-order valence-corrected chi connectivity index (χ0v) is 20.7. The van der Waals surface area contributed by atoms with E-state index in [1.165, 1.54) is 33.3 Å². The molecule has 0 heterocycles. The van der Waals surface area contributed by atoms with Crippen LogP contribution in [-0.2, 0) is 23.9 Å². The van der Waals surface area contributed by atoms with E-state index in [9.17, 15) is 14.4 Å². The van der Waals surface area contributed by atoms with Crippen molar-refractivity contribution in [1.29, 1.82) is 0 Å². The summed E-state index contributed by atoms with van der Waals surface area (Å²) in [6, 6.07) is 0. The summed E-state index contributed by atoms with van der Waals surface area (Å²) in [7, 11) is 1.46.